The number of para-hydroxylation sites is 2. The first-order chi connectivity index (χ1) is 28.2. The van der Waals surface area contributed by atoms with Crippen LogP contribution in [-0.2, 0) is 0 Å². The Labute approximate surface area is 330 Å². The fraction of sp³-hybridized carbons (Fsp3) is 0. The lowest BCUT2D eigenvalue weighted by atomic mass is 10.0. The third-order valence-corrected chi connectivity index (χ3v) is 12.2. The molecule has 0 spiro atoms. The number of hydrogen-bond donors (Lipinski definition) is 0. The van der Waals surface area contributed by atoms with Crippen LogP contribution in [0.3, 0.4) is 0 Å². The summed E-state index contributed by atoms with van der Waals surface area (Å²) in [5.41, 5.74) is 9.82. The highest BCUT2D eigenvalue weighted by Gasteiger charge is 2.23. The van der Waals surface area contributed by atoms with E-state index >= 15 is 0 Å². The molecule has 8 aromatic carbocycles. The van der Waals surface area contributed by atoms with Crippen LogP contribution >= 0.6 is 11.3 Å². The molecule has 0 radical (unpaired) electrons. The summed E-state index contributed by atoms with van der Waals surface area (Å²) in [5, 5.41) is 6.92. The maximum Gasteiger partial charge on any atom is 0.164 e. The fourth-order valence-electron chi connectivity index (χ4n) is 8.41. The van der Waals surface area contributed by atoms with Crippen molar-refractivity contribution in [1.82, 2.24) is 19.5 Å². The number of fused-ring (bicyclic) bond motifs is 9. The van der Waals surface area contributed by atoms with Gasteiger partial charge >= 0.3 is 0 Å². The highest BCUT2D eigenvalue weighted by atomic mass is 32.1. The average Bonchev–Trinajstić information content (AvgIpc) is 3.95. The Morgan fingerprint density at radius 1 is 0.404 bits per heavy atom. The van der Waals surface area contributed by atoms with Gasteiger partial charge in [-0.3, -0.25) is 0 Å². The van der Waals surface area contributed by atoms with Crippen molar-refractivity contribution in [1.29, 1.82) is 0 Å². The van der Waals surface area contributed by atoms with Crippen molar-refractivity contribution >= 4 is 75.3 Å². The van der Waals surface area contributed by atoms with Gasteiger partial charge in [0.2, 0.25) is 0 Å². The monoisotopic (exact) mass is 746 g/mol. The quantitative estimate of drug-likeness (QED) is 0.176. The minimum atomic E-state index is 0.586. The lowest BCUT2D eigenvalue weighted by Crippen LogP contribution is -2.01. The molecule has 0 bridgehead atoms. The minimum Gasteiger partial charge on any atom is -0.454 e. The summed E-state index contributed by atoms with van der Waals surface area (Å²) >= 11 is 1.85. The van der Waals surface area contributed by atoms with Crippen molar-refractivity contribution in [3.63, 3.8) is 0 Å². The van der Waals surface area contributed by atoms with Gasteiger partial charge in [0.05, 0.1) is 16.7 Å². The number of hydrogen-bond acceptors (Lipinski definition) is 5. The van der Waals surface area contributed by atoms with Crippen LogP contribution in [-0.4, -0.2) is 19.5 Å². The van der Waals surface area contributed by atoms with Crippen LogP contribution in [0.5, 0.6) is 0 Å². The van der Waals surface area contributed by atoms with Crippen molar-refractivity contribution < 1.29 is 4.42 Å². The molecule has 0 aliphatic carbocycles. The number of benzene rings is 8. The Morgan fingerprint density at radius 2 is 1.00 bits per heavy atom. The molecule has 0 unspecified atom stereocenters. The SMILES string of the molecule is c1ccc(-c2ccc(-c3nc(-c4ccccc4)nc(-c4ccc(-n5c6ccccc6c6cc7sc8ccccc8c7cc65)c5oc6ccccc6c45)n3)cc2)cc1. The highest BCUT2D eigenvalue weighted by Crippen LogP contribution is 2.44. The molecule has 4 aromatic heterocycles. The van der Waals surface area contributed by atoms with Crippen LogP contribution in [0, 0.1) is 0 Å². The summed E-state index contributed by atoms with van der Waals surface area (Å²) < 4.78 is 11.8. The third kappa shape index (κ3) is 5.04. The van der Waals surface area contributed by atoms with Crippen molar-refractivity contribution in [2.75, 3.05) is 0 Å². The molecule has 6 heteroatoms. The van der Waals surface area contributed by atoms with Gasteiger partial charge in [0, 0.05) is 58.4 Å². The second-order valence-corrected chi connectivity index (χ2v) is 15.5. The second kappa shape index (κ2) is 12.6. The fourth-order valence-corrected chi connectivity index (χ4v) is 9.53. The third-order valence-electron chi connectivity index (χ3n) is 11.1. The molecule has 0 aliphatic heterocycles. The normalized spacial score (nSPS) is 11.9. The van der Waals surface area contributed by atoms with Crippen LogP contribution in [0.2, 0.25) is 0 Å². The van der Waals surface area contributed by atoms with Crippen molar-refractivity contribution in [2.24, 2.45) is 0 Å². The van der Waals surface area contributed by atoms with Gasteiger partial charge in [-0.25, -0.2) is 15.0 Å². The van der Waals surface area contributed by atoms with E-state index in [9.17, 15) is 0 Å². The van der Waals surface area contributed by atoms with Gasteiger partial charge < -0.3 is 8.98 Å². The van der Waals surface area contributed by atoms with Crippen molar-refractivity contribution in [3.8, 4) is 51.0 Å². The lowest BCUT2D eigenvalue weighted by molar-refractivity contribution is 0.666. The molecule has 0 N–H and O–H groups in total. The predicted octanol–water partition coefficient (Wildman–Crippen LogP) is 13.9. The van der Waals surface area contributed by atoms with E-state index in [4.69, 9.17) is 19.4 Å². The molecule has 12 rings (SSSR count). The summed E-state index contributed by atoms with van der Waals surface area (Å²) in [7, 11) is 0. The van der Waals surface area contributed by atoms with E-state index in [0.717, 1.165) is 66.5 Å². The van der Waals surface area contributed by atoms with Crippen molar-refractivity contribution in [3.05, 3.63) is 182 Å². The first-order valence-corrected chi connectivity index (χ1v) is 19.8. The molecule has 57 heavy (non-hydrogen) atoms. The van der Waals surface area contributed by atoms with Gasteiger partial charge in [-0.2, -0.15) is 0 Å². The molecule has 4 heterocycles. The molecule has 0 aliphatic rings. The lowest BCUT2D eigenvalue weighted by Gasteiger charge is -2.13. The predicted molar refractivity (Wildman–Crippen MR) is 236 cm³/mol. The van der Waals surface area contributed by atoms with Gasteiger partial charge in [0.1, 0.15) is 5.58 Å². The Balaban J connectivity index is 1.11. The van der Waals surface area contributed by atoms with E-state index in [1.54, 1.807) is 0 Å². The molecule has 0 fully saturated rings. The molecule has 0 saturated heterocycles. The molecule has 0 saturated carbocycles. The summed E-state index contributed by atoms with van der Waals surface area (Å²) in [5.74, 6) is 1.81. The summed E-state index contributed by atoms with van der Waals surface area (Å²) in [6.45, 7) is 0. The molecule has 266 valence electrons. The highest BCUT2D eigenvalue weighted by molar-refractivity contribution is 7.25. The molecular weight excluding hydrogens is 717 g/mol. The maximum absolute atomic E-state index is 6.91. The molecule has 0 atom stereocenters. The maximum atomic E-state index is 6.91. The zero-order valence-electron chi connectivity index (χ0n) is 30.4. The molecular formula is C51H30N4OS. The van der Waals surface area contributed by atoms with Crippen LogP contribution < -0.4 is 0 Å². The largest absolute Gasteiger partial charge is 0.454 e. The zero-order chi connectivity index (χ0) is 37.5. The molecule has 0 amide bonds. The van der Waals surface area contributed by atoms with Gasteiger partial charge in [0.15, 0.2) is 23.1 Å². The van der Waals surface area contributed by atoms with Gasteiger partial charge in [-0.1, -0.05) is 140 Å². The number of thiophene rings is 1. The number of rotatable bonds is 5. The van der Waals surface area contributed by atoms with Gasteiger partial charge in [-0.15, -0.1) is 11.3 Å². The average molecular weight is 747 g/mol. The summed E-state index contributed by atoms with van der Waals surface area (Å²) in [6, 6.07) is 63.6. The summed E-state index contributed by atoms with van der Waals surface area (Å²) in [4.78, 5) is 15.5. The van der Waals surface area contributed by atoms with E-state index in [-0.39, 0.29) is 0 Å². The van der Waals surface area contributed by atoms with Crippen LogP contribution in [0.15, 0.2) is 186 Å². The number of furan rings is 1. The smallest absolute Gasteiger partial charge is 0.164 e. The topological polar surface area (TPSA) is 56.7 Å². The van der Waals surface area contributed by atoms with Crippen molar-refractivity contribution in [2.45, 2.75) is 0 Å². The molecule has 5 nitrogen and oxygen atoms in total. The second-order valence-electron chi connectivity index (χ2n) is 14.4. The standard InChI is InChI=1S/C51H30N4OS/c1-3-13-31(14-4-1)32-23-25-34(26-24-32)50-52-49(33-15-5-2-6-16-33)53-51(54-50)38-27-28-42(48-47(38)37-19-8-11-21-44(37)56-48)55-41-20-10-7-17-35(41)39-30-46-40(29-43(39)55)36-18-9-12-22-45(36)57-46/h1-30H. The van der Waals surface area contributed by atoms with E-state index in [1.165, 1.54) is 30.9 Å². The van der Waals surface area contributed by atoms with Gasteiger partial charge in [-0.05, 0) is 53.6 Å². The Hall–Kier alpha value is -7.41. The van der Waals surface area contributed by atoms with E-state index in [0.29, 0.717) is 17.5 Å². The number of aromatic nitrogens is 4. The first-order valence-electron chi connectivity index (χ1n) is 19.0. The first kappa shape index (κ1) is 31.9. The van der Waals surface area contributed by atoms with Crippen LogP contribution in [0.1, 0.15) is 0 Å². The minimum absolute atomic E-state index is 0.586. The zero-order valence-corrected chi connectivity index (χ0v) is 31.2. The Bertz CT molecular complexity index is 3510. The van der Waals surface area contributed by atoms with Crippen LogP contribution in [0.4, 0.5) is 0 Å². The number of nitrogens with zero attached hydrogens (tertiary/aromatic N) is 4. The van der Waals surface area contributed by atoms with E-state index < -0.39 is 0 Å². The summed E-state index contributed by atoms with van der Waals surface area (Å²) in [6.07, 6.45) is 0. The van der Waals surface area contributed by atoms with Gasteiger partial charge in [0.25, 0.3) is 0 Å². The van der Waals surface area contributed by atoms with E-state index in [1.807, 2.05) is 59.9 Å². The Kier molecular flexibility index (Phi) is 7.03. The van der Waals surface area contributed by atoms with Crippen LogP contribution in [0.25, 0.3) is 115 Å². The Morgan fingerprint density at radius 3 is 1.79 bits per heavy atom. The van der Waals surface area contributed by atoms with E-state index in [2.05, 4.69) is 138 Å². The molecule has 12 aromatic rings.